The van der Waals surface area contributed by atoms with Crippen LogP contribution in [0.2, 0.25) is 0 Å². The first-order chi connectivity index (χ1) is 6.41. The average Bonchev–Trinajstić information content (AvgIpc) is 2.53. The smallest absolute Gasteiger partial charge is 0.340 e. The van der Waals surface area contributed by atoms with Crippen LogP contribution in [0.3, 0.4) is 0 Å². The Balaban J connectivity index is 2.64. The van der Waals surface area contributed by atoms with Crippen LogP contribution in [-0.2, 0) is 4.79 Å². The number of esters is 1. The Kier molecular flexibility index (Phi) is 3.06. The Bertz CT molecular complexity index is 336. The first kappa shape index (κ1) is 10.9. The third-order valence-electron chi connectivity index (χ3n) is 1.76. The van der Waals surface area contributed by atoms with Gasteiger partial charge in [-0.05, 0) is 5.41 Å². The van der Waals surface area contributed by atoms with Crippen molar-refractivity contribution < 1.29 is 9.53 Å². The van der Waals surface area contributed by atoms with Gasteiger partial charge >= 0.3 is 5.97 Å². The monoisotopic (exact) mass is 211 g/mol. The molecule has 1 rings (SSSR count). The highest BCUT2D eigenvalue weighted by Gasteiger charge is 2.23. The lowest BCUT2D eigenvalue weighted by molar-refractivity contribution is -0.131. The minimum atomic E-state index is -0.414. The molecule has 4 heteroatoms. The van der Waals surface area contributed by atoms with E-state index in [1.54, 1.807) is 10.9 Å². The molecule has 1 aromatic heterocycles. The van der Waals surface area contributed by atoms with Gasteiger partial charge in [0.25, 0.3) is 0 Å². The lowest BCUT2D eigenvalue weighted by atomic mass is 9.88. The van der Waals surface area contributed by atoms with Crippen LogP contribution < -0.4 is 4.74 Å². The summed E-state index contributed by atoms with van der Waals surface area (Å²) in [5, 5.41) is 1.67. The van der Waals surface area contributed by atoms with E-state index < -0.39 is 5.97 Å². The summed E-state index contributed by atoms with van der Waals surface area (Å²) in [5.74, 6) is -0.0752. The highest BCUT2D eigenvalue weighted by atomic mass is 32.1. The Hall–Kier alpha value is -1.16. The number of nitrogens with zero attached hydrogens (tertiary/aromatic N) is 1. The third kappa shape index (κ3) is 2.67. The van der Waals surface area contributed by atoms with E-state index in [2.05, 4.69) is 11.6 Å². The van der Waals surface area contributed by atoms with Crippen molar-refractivity contribution in [3.05, 3.63) is 23.0 Å². The summed E-state index contributed by atoms with van der Waals surface area (Å²) in [4.78, 5) is 15.4. The van der Waals surface area contributed by atoms with Gasteiger partial charge in [-0.3, -0.25) is 0 Å². The van der Waals surface area contributed by atoms with Crippen LogP contribution in [0.15, 0.2) is 23.0 Å². The van der Waals surface area contributed by atoms with Crippen molar-refractivity contribution in [1.29, 1.82) is 0 Å². The zero-order valence-electron chi connectivity index (χ0n) is 8.53. The molecule has 0 aromatic carbocycles. The summed E-state index contributed by atoms with van der Waals surface area (Å²) in [7, 11) is 0. The average molecular weight is 211 g/mol. The van der Waals surface area contributed by atoms with Crippen molar-refractivity contribution in [2.75, 3.05) is 0 Å². The van der Waals surface area contributed by atoms with Gasteiger partial charge in [0.15, 0.2) is 0 Å². The molecule has 0 aliphatic rings. The molecule has 0 amide bonds. The maximum absolute atomic E-state index is 11.5. The van der Waals surface area contributed by atoms with Crippen LogP contribution in [0.1, 0.15) is 20.8 Å². The summed E-state index contributed by atoms with van der Waals surface area (Å²) in [6.45, 7) is 9.45. The minimum Gasteiger partial charge on any atom is -0.403 e. The Morgan fingerprint density at radius 2 is 2.21 bits per heavy atom. The second kappa shape index (κ2) is 3.92. The quantitative estimate of drug-likeness (QED) is 0.557. The van der Waals surface area contributed by atoms with Gasteiger partial charge in [-0.25, -0.2) is 9.78 Å². The maximum Gasteiger partial charge on any atom is 0.340 e. The molecule has 3 nitrogen and oxygen atoms in total. The fourth-order valence-corrected chi connectivity index (χ4v) is 1.17. The topological polar surface area (TPSA) is 39.2 Å². The molecule has 0 aliphatic heterocycles. The van der Waals surface area contributed by atoms with Crippen LogP contribution in [0.25, 0.3) is 0 Å². The number of ether oxygens (including phenoxy) is 1. The van der Waals surface area contributed by atoms with E-state index in [4.69, 9.17) is 4.74 Å². The van der Waals surface area contributed by atoms with Gasteiger partial charge in [-0.15, -0.1) is 11.3 Å². The predicted octanol–water partition coefficient (Wildman–Crippen LogP) is 2.65. The zero-order chi connectivity index (χ0) is 10.8. The Morgan fingerprint density at radius 3 is 2.64 bits per heavy atom. The van der Waals surface area contributed by atoms with Crippen molar-refractivity contribution >= 4 is 17.3 Å². The van der Waals surface area contributed by atoms with Crippen LogP contribution in [0.4, 0.5) is 0 Å². The Labute approximate surface area is 87.4 Å². The van der Waals surface area contributed by atoms with Crippen molar-refractivity contribution in [1.82, 2.24) is 4.98 Å². The number of carbonyl (C=O) groups excluding carboxylic acids is 1. The first-order valence-electron chi connectivity index (χ1n) is 4.21. The first-order valence-corrected chi connectivity index (χ1v) is 5.15. The molecule has 0 N–H and O–H groups in total. The molecule has 0 unspecified atom stereocenters. The van der Waals surface area contributed by atoms with Gasteiger partial charge in [0.2, 0.25) is 5.88 Å². The fraction of sp³-hybridized carbons (Fsp3) is 0.400. The summed E-state index contributed by atoms with van der Waals surface area (Å²) < 4.78 is 5.00. The van der Waals surface area contributed by atoms with Crippen molar-refractivity contribution in [3.63, 3.8) is 0 Å². The van der Waals surface area contributed by atoms with Crippen LogP contribution in [0, 0.1) is 5.41 Å². The van der Waals surface area contributed by atoms with E-state index in [0.717, 1.165) is 0 Å². The summed E-state index contributed by atoms with van der Waals surface area (Å²) in [5.41, 5.74) is 1.79. The van der Waals surface area contributed by atoms with Gasteiger partial charge < -0.3 is 4.74 Å². The molecule has 14 heavy (non-hydrogen) atoms. The lowest BCUT2D eigenvalue weighted by Gasteiger charge is -2.19. The second-order valence-electron chi connectivity index (χ2n) is 3.94. The number of carbonyl (C=O) groups is 1. The molecule has 0 radical (unpaired) electrons. The number of hydrogen-bond acceptors (Lipinski definition) is 4. The molecular weight excluding hydrogens is 198 g/mol. The number of thiazole rings is 1. The molecular formula is C10H13NO2S. The Morgan fingerprint density at radius 1 is 1.57 bits per heavy atom. The summed E-state index contributed by atoms with van der Waals surface area (Å²) in [6.07, 6.45) is 0. The van der Waals surface area contributed by atoms with Gasteiger partial charge in [0.1, 0.15) is 0 Å². The summed E-state index contributed by atoms with van der Waals surface area (Å²) >= 11 is 1.38. The number of rotatable bonds is 2. The normalized spacial score (nSPS) is 11.1. The zero-order valence-corrected chi connectivity index (χ0v) is 9.35. The van der Waals surface area contributed by atoms with Crippen molar-refractivity contribution in [2.45, 2.75) is 20.8 Å². The molecule has 0 aliphatic carbocycles. The lowest BCUT2D eigenvalue weighted by Crippen LogP contribution is -2.21. The molecule has 0 saturated heterocycles. The molecule has 1 heterocycles. The largest absolute Gasteiger partial charge is 0.403 e. The maximum atomic E-state index is 11.5. The van der Waals surface area contributed by atoms with E-state index >= 15 is 0 Å². The van der Waals surface area contributed by atoms with Gasteiger partial charge in [0.05, 0.1) is 10.9 Å². The molecule has 76 valence electrons. The van der Waals surface area contributed by atoms with E-state index in [-0.39, 0.29) is 5.41 Å². The SMILES string of the molecule is C=C(C(=O)Oc1cscn1)C(C)(C)C. The number of hydrogen-bond donors (Lipinski definition) is 0. The third-order valence-corrected chi connectivity index (χ3v) is 2.32. The molecule has 0 atom stereocenters. The minimum absolute atomic E-state index is 0.271. The van der Waals surface area contributed by atoms with E-state index in [9.17, 15) is 4.79 Å². The van der Waals surface area contributed by atoms with Crippen LogP contribution >= 0.6 is 11.3 Å². The second-order valence-corrected chi connectivity index (χ2v) is 4.66. The fourth-order valence-electron chi connectivity index (χ4n) is 0.715. The standard InChI is InChI=1S/C10H13NO2S/c1-7(10(2,3)4)9(12)13-8-5-14-6-11-8/h5-6H,1H2,2-4H3. The highest BCUT2D eigenvalue weighted by molar-refractivity contribution is 7.07. The van der Waals surface area contributed by atoms with Gasteiger partial charge in [0, 0.05) is 5.57 Å². The van der Waals surface area contributed by atoms with E-state index in [0.29, 0.717) is 11.5 Å². The molecule has 0 saturated carbocycles. The highest BCUT2D eigenvalue weighted by Crippen LogP contribution is 2.25. The predicted molar refractivity (Wildman–Crippen MR) is 56.3 cm³/mol. The summed E-state index contributed by atoms with van der Waals surface area (Å²) in [6, 6.07) is 0. The van der Waals surface area contributed by atoms with Crippen molar-refractivity contribution in [3.8, 4) is 5.88 Å². The van der Waals surface area contributed by atoms with E-state index in [1.807, 2.05) is 20.8 Å². The molecule has 0 bridgehead atoms. The van der Waals surface area contributed by atoms with Crippen LogP contribution in [0.5, 0.6) is 5.88 Å². The number of aromatic nitrogens is 1. The molecule has 0 fully saturated rings. The van der Waals surface area contributed by atoms with E-state index in [1.165, 1.54) is 11.3 Å². The van der Waals surface area contributed by atoms with Crippen molar-refractivity contribution in [2.24, 2.45) is 5.41 Å². The molecule has 1 aromatic rings. The van der Waals surface area contributed by atoms with Gasteiger partial charge in [-0.2, -0.15) is 0 Å². The van der Waals surface area contributed by atoms with Gasteiger partial charge in [-0.1, -0.05) is 27.4 Å². The van der Waals surface area contributed by atoms with Crippen LogP contribution in [-0.4, -0.2) is 11.0 Å². The molecule has 0 spiro atoms.